The fraction of sp³-hybridized carbons (Fsp3) is 1.00. The summed E-state index contributed by atoms with van der Waals surface area (Å²) < 4.78 is 111. The normalized spacial score (nSPS) is 18.0. The van der Waals surface area contributed by atoms with Crippen molar-refractivity contribution in [3.63, 3.8) is 0 Å². The zero-order chi connectivity index (χ0) is 14.1. The van der Waals surface area contributed by atoms with Gasteiger partial charge in [-0.15, -0.1) is 0 Å². The molecule has 2 unspecified atom stereocenters. The van der Waals surface area contributed by atoms with Gasteiger partial charge in [-0.3, -0.25) is 0 Å². The highest BCUT2D eigenvalue weighted by Crippen LogP contribution is 2.39. The van der Waals surface area contributed by atoms with Crippen LogP contribution in [0.4, 0.5) is 39.5 Å². The number of ether oxygens (including phenoxy) is 1. The molecule has 0 fully saturated rings. The van der Waals surface area contributed by atoms with Crippen LogP contribution in [0, 0.1) is 0 Å². The molecule has 104 valence electrons. The number of hydrogen-bond donors (Lipinski definition) is 0. The smallest absolute Gasteiger partial charge is 0.305 e. The van der Waals surface area contributed by atoms with Crippen LogP contribution in [0.15, 0.2) is 0 Å². The summed E-state index contributed by atoms with van der Waals surface area (Å²) in [6.07, 6.45) is -25.9. The van der Waals surface area contributed by atoms with E-state index in [-0.39, 0.29) is 0 Å². The third-order valence-corrected chi connectivity index (χ3v) is 1.62. The van der Waals surface area contributed by atoms with E-state index >= 15 is 0 Å². The minimum atomic E-state index is -6.01. The van der Waals surface area contributed by atoms with Crippen LogP contribution in [-0.4, -0.2) is 30.7 Å². The standard InChI is InChI=1S/C7H7F9O/c1-2-3(5(9,10)11)17-7(15,16)4(8)6(12,13)14/h3-4H,2H2,1H3. The molecule has 0 radical (unpaired) electrons. The van der Waals surface area contributed by atoms with Gasteiger partial charge in [0.1, 0.15) is 0 Å². The highest BCUT2D eigenvalue weighted by molar-refractivity contribution is 4.78. The Balaban J connectivity index is 4.85. The predicted molar refractivity (Wildman–Crippen MR) is 37.1 cm³/mol. The van der Waals surface area contributed by atoms with Crippen LogP contribution in [-0.2, 0) is 4.74 Å². The molecule has 0 spiro atoms. The van der Waals surface area contributed by atoms with Crippen LogP contribution in [0.3, 0.4) is 0 Å². The van der Waals surface area contributed by atoms with Crippen LogP contribution in [0.25, 0.3) is 0 Å². The second-order valence-corrected chi connectivity index (χ2v) is 3.02. The minimum absolute atomic E-state index is 0.759. The van der Waals surface area contributed by atoms with Crippen molar-refractivity contribution in [1.29, 1.82) is 0 Å². The van der Waals surface area contributed by atoms with Gasteiger partial charge in [0.15, 0.2) is 6.10 Å². The molecule has 0 aromatic heterocycles. The summed E-state index contributed by atoms with van der Waals surface area (Å²) in [4.78, 5) is 0. The SMILES string of the molecule is CCC(OC(F)(F)C(F)C(F)(F)F)C(F)(F)F. The lowest BCUT2D eigenvalue weighted by atomic mass is 10.2. The van der Waals surface area contributed by atoms with Crippen molar-refractivity contribution in [1.82, 2.24) is 0 Å². The van der Waals surface area contributed by atoms with Crippen LogP contribution in [0.5, 0.6) is 0 Å². The van der Waals surface area contributed by atoms with E-state index in [0.29, 0.717) is 0 Å². The van der Waals surface area contributed by atoms with E-state index < -0.39 is 37.2 Å². The average molecular weight is 278 g/mol. The Kier molecular flexibility index (Phi) is 4.71. The molecule has 0 saturated carbocycles. The van der Waals surface area contributed by atoms with Crippen molar-refractivity contribution in [3.8, 4) is 0 Å². The maximum atomic E-state index is 12.5. The zero-order valence-corrected chi connectivity index (χ0v) is 8.17. The van der Waals surface area contributed by atoms with Gasteiger partial charge in [0.25, 0.3) is 6.17 Å². The molecular formula is C7H7F9O. The van der Waals surface area contributed by atoms with Gasteiger partial charge in [0.05, 0.1) is 0 Å². The van der Waals surface area contributed by atoms with Crippen molar-refractivity contribution in [3.05, 3.63) is 0 Å². The third-order valence-electron chi connectivity index (χ3n) is 1.62. The Morgan fingerprint density at radius 3 is 1.53 bits per heavy atom. The fourth-order valence-corrected chi connectivity index (χ4v) is 0.822. The summed E-state index contributed by atoms with van der Waals surface area (Å²) in [5.74, 6) is 0. The first-order valence-electron chi connectivity index (χ1n) is 4.15. The van der Waals surface area contributed by atoms with Gasteiger partial charge >= 0.3 is 18.5 Å². The quantitative estimate of drug-likeness (QED) is 0.710. The molecule has 0 N–H and O–H groups in total. The van der Waals surface area contributed by atoms with E-state index in [1.165, 1.54) is 0 Å². The van der Waals surface area contributed by atoms with Gasteiger partial charge in [-0.25, -0.2) is 4.39 Å². The van der Waals surface area contributed by atoms with E-state index in [1.807, 2.05) is 0 Å². The van der Waals surface area contributed by atoms with Crippen LogP contribution >= 0.6 is 0 Å². The molecular weight excluding hydrogens is 271 g/mol. The first-order chi connectivity index (χ1) is 7.32. The highest BCUT2D eigenvalue weighted by Gasteiger charge is 2.60. The first kappa shape index (κ1) is 16.3. The molecule has 0 bridgehead atoms. The van der Waals surface area contributed by atoms with Crippen molar-refractivity contribution in [2.45, 2.75) is 44.1 Å². The summed E-state index contributed by atoms with van der Waals surface area (Å²) in [7, 11) is 0. The predicted octanol–water partition coefficient (Wildman–Crippen LogP) is 3.84. The molecule has 0 aliphatic carbocycles. The Hall–Kier alpha value is -0.670. The van der Waals surface area contributed by atoms with E-state index in [4.69, 9.17) is 0 Å². The molecule has 0 rings (SSSR count). The highest BCUT2D eigenvalue weighted by atomic mass is 19.4. The second kappa shape index (κ2) is 4.91. The van der Waals surface area contributed by atoms with E-state index in [2.05, 4.69) is 4.74 Å². The zero-order valence-electron chi connectivity index (χ0n) is 8.17. The maximum Gasteiger partial charge on any atom is 0.428 e. The molecule has 0 aromatic carbocycles. The molecule has 0 saturated heterocycles. The number of alkyl halides is 9. The Morgan fingerprint density at radius 1 is 0.882 bits per heavy atom. The molecule has 0 amide bonds. The van der Waals surface area contributed by atoms with Crippen LogP contribution in [0.1, 0.15) is 13.3 Å². The van der Waals surface area contributed by atoms with Gasteiger partial charge in [0, 0.05) is 0 Å². The molecule has 0 aliphatic heterocycles. The number of hydrogen-bond acceptors (Lipinski definition) is 1. The van der Waals surface area contributed by atoms with Crippen molar-refractivity contribution in [2.75, 3.05) is 0 Å². The van der Waals surface area contributed by atoms with Gasteiger partial charge in [0.2, 0.25) is 0 Å². The lowest BCUT2D eigenvalue weighted by molar-refractivity contribution is -0.376. The summed E-state index contributed by atoms with van der Waals surface area (Å²) in [5, 5.41) is 0. The fourth-order valence-electron chi connectivity index (χ4n) is 0.822. The second-order valence-electron chi connectivity index (χ2n) is 3.02. The summed E-state index contributed by atoms with van der Waals surface area (Å²) in [6, 6.07) is 0. The summed E-state index contributed by atoms with van der Waals surface area (Å²) in [5.41, 5.74) is 0. The van der Waals surface area contributed by atoms with E-state index in [0.717, 1.165) is 6.92 Å². The molecule has 2 atom stereocenters. The molecule has 1 nitrogen and oxygen atoms in total. The maximum absolute atomic E-state index is 12.5. The van der Waals surface area contributed by atoms with Gasteiger partial charge in [-0.2, -0.15) is 35.1 Å². The topological polar surface area (TPSA) is 9.23 Å². The lowest BCUT2D eigenvalue weighted by Gasteiger charge is -2.27. The van der Waals surface area contributed by atoms with Crippen molar-refractivity contribution < 1.29 is 44.3 Å². The van der Waals surface area contributed by atoms with Crippen molar-refractivity contribution in [2.24, 2.45) is 0 Å². The average Bonchev–Trinajstić information content (AvgIpc) is 2.09. The van der Waals surface area contributed by atoms with Gasteiger partial charge in [-0.05, 0) is 6.42 Å². The molecule has 0 aromatic rings. The lowest BCUT2D eigenvalue weighted by Crippen LogP contribution is -2.48. The Bertz CT molecular complexity index is 243. The van der Waals surface area contributed by atoms with E-state index in [9.17, 15) is 39.5 Å². The summed E-state index contributed by atoms with van der Waals surface area (Å²) >= 11 is 0. The minimum Gasteiger partial charge on any atom is -0.305 e. The number of halogens is 9. The largest absolute Gasteiger partial charge is 0.428 e. The number of rotatable bonds is 4. The summed E-state index contributed by atoms with van der Waals surface area (Å²) in [6.45, 7) is 0.759. The van der Waals surface area contributed by atoms with Gasteiger partial charge in [-0.1, -0.05) is 6.92 Å². The van der Waals surface area contributed by atoms with Crippen LogP contribution in [0.2, 0.25) is 0 Å². The molecule has 0 aliphatic rings. The third kappa shape index (κ3) is 4.60. The first-order valence-corrected chi connectivity index (χ1v) is 4.15. The van der Waals surface area contributed by atoms with Crippen molar-refractivity contribution >= 4 is 0 Å². The Morgan fingerprint density at radius 2 is 1.29 bits per heavy atom. The molecule has 17 heavy (non-hydrogen) atoms. The Labute approximate surface area is 89.5 Å². The van der Waals surface area contributed by atoms with Crippen LogP contribution < -0.4 is 0 Å². The molecule has 0 heterocycles. The van der Waals surface area contributed by atoms with Gasteiger partial charge < -0.3 is 4.74 Å². The molecule has 10 heteroatoms. The van der Waals surface area contributed by atoms with E-state index in [1.54, 1.807) is 0 Å². The monoisotopic (exact) mass is 278 g/mol.